The number of carbonyl (C=O) groups is 1. The van der Waals surface area contributed by atoms with Crippen molar-refractivity contribution in [1.82, 2.24) is 5.06 Å². The lowest BCUT2D eigenvalue weighted by molar-refractivity contribution is -0.234. The Morgan fingerprint density at radius 2 is 2.27 bits per heavy atom. The predicted octanol–water partition coefficient (Wildman–Crippen LogP) is 1.71. The number of esters is 1. The molecule has 3 unspecified atom stereocenters. The number of fused-ring (bicyclic) bond motifs is 1. The fraction of sp³-hybridized carbons (Fsp3) is 0.500. The van der Waals surface area contributed by atoms with Crippen LogP contribution in [0.3, 0.4) is 0 Å². The van der Waals surface area contributed by atoms with Crippen LogP contribution in [-0.4, -0.2) is 47.3 Å². The fourth-order valence-corrected chi connectivity index (χ4v) is 6.62. The van der Waals surface area contributed by atoms with Gasteiger partial charge in [-0.15, -0.1) is 0 Å². The number of allylic oxidation sites excluding steroid dienone is 1. The van der Waals surface area contributed by atoms with Crippen LogP contribution in [0.5, 0.6) is 0 Å². The molecule has 1 spiro atoms. The first-order valence-electron chi connectivity index (χ1n) is 9.20. The summed E-state index contributed by atoms with van der Waals surface area (Å²) < 4.78 is 5.27. The van der Waals surface area contributed by atoms with E-state index in [1.807, 2.05) is 30.2 Å². The van der Waals surface area contributed by atoms with Gasteiger partial charge in [0.15, 0.2) is 6.29 Å². The maximum atomic E-state index is 13.1. The SMILES string of the molecule is C/C=C1\[C@@H]2C3[C@@H](O)ON2[C@H]2C[C@@H]1[C@@H](C(=O)OC)C31C2=Nc2ccccc21. The molecule has 0 amide bonds. The molecule has 6 bridgehead atoms. The van der Waals surface area contributed by atoms with Crippen LogP contribution in [-0.2, 0) is 19.8 Å². The van der Waals surface area contributed by atoms with Gasteiger partial charge < -0.3 is 9.84 Å². The van der Waals surface area contributed by atoms with Gasteiger partial charge in [-0.05, 0) is 30.9 Å². The Hall–Kier alpha value is -2.02. The van der Waals surface area contributed by atoms with Crippen LogP contribution in [0.2, 0.25) is 0 Å². The number of hydrogen-bond donors (Lipinski definition) is 1. The van der Waals surface area contributed by atoms with Crippen LogP contribution in [0, 0.1) is 17.8 Å². The number of para-hydroxylation sites is 1. The minimum absolute atomic E-state index is 0.00425. The number of methoxy groups -OCH3 is 1. The van der Waals surface area contributed by atoms with Crippen molar-refractivity contribution in [1.29, 1.82) is 0 Å². The standard InChI is InChI=1S/C20H20N2O4/c1-3-9-10-8-13-17-20(14(10)18(23)25-2,11-6-4-5-7-12(11)21-17)15-16(9)22(13)26-19(15)24/h3-7,10,13-16,19,24H,8H2,1-2H3/b9-3-/t10-,13-,14-,15?,16+,19-,20?/m0/s1. The minimum Gasteiger partial charge on any atom is -0.469 e. The number of aliphatic hydroxyl groups is 1. The molecule has 8 atom stereocenters. The van der Waals surface area contributed by atoms with E-state index in [-0.39, 0.29) is 35.8 Å². The fourth-order valence-electron chi connectivity index (χ4n) is 6.62. The number of aliphatic imine (C=N–C) groups is 1. The molecule has 1 aromatic carbocycles. The van der Waals surface area contributed by atoms with E-state index >= 15 is 0 Å². The number of carbonyl (C=O) groups excluding carboxylic acids is 1. The topological polar surface area (TPSA) is 71.4 Å². The summed E-state index contributed by atoms with van der Waals surface area (Å²) in [6.07, 6.45) is 1.91. The zero-order valence-corrected chi connectivity index (χ0v) is 14.6. The first-order chi connectivity index (χ1) is 12.6. The summed E-state index contributed by atoms with van der Waals surface area (Å²) in [6.45, 7) is 2.01. The smallest absolute Gasteiger partial charge is 0.310 e. The van der Waals surface area contributed by atoms with Crippen molar-refractivity contribution in [2.75, 3.05) is 7.11 Å². The van der Waals surface area contributed by atoms with Crippen molar-refractivity contribution in [2.24, 2.45) is 22.7 Å². The third-order valence-electron chi connectivity index (χ3n) is 7.24. The van der Waals surface area contributed by atoms with Crippen LogP contribution in [0.1, 0.15) is 18.9 Å². The van der Waals surface area contributed by atoms with Gasteiger partial charge in [-0.3, -0.25) is 14.6 Å². The maximum Gasteiger partial charge on any atom is 0.310 e. The van der Waals surface area contributed by atoms with E-state index in [4.69, 9.17) is 14.6 Å². The Bertz CT molecular complexity index is 909. The summed E-state index contributed by atoms with van der Waals surface area (Å²) in [5, 5.41) is 12.8. The lowest BCUT2D eigenvalue weighted by Crippen LogP contribution is -2.74. The van der Waals surface area contributed by atoms with Crippen LogP contribution in [0.15, 0.2) is 40.9 Å². The number of rotatable bonds is 1. The third kappa shape index (κ3) is 1.34. The minimum atomic E-state index is -0.956. The zero-order chi connectivity index (χ0) is 17.8. The highest BCUT2D eigenvalue weighted by Gasteiger charge is 2.78. The first-order valence-corrected chi connectivity index (χ1v) is 9.20. The monoisotopic (exact) mass is 352 g/mol. The molecule has 2 saturated carbocycles. The van der Waals surface area contributed by atoms with Gasteiger partial charge in [0.2, 0.25) is 0 Å². The normalized spacial score (nSPS) is 47.7. The average molecular weight is 352 g/mol. The van der Waals surface area contributed by atoms with Crippen LogP contribution < -0.4 is 0 Å². The van der Waals surface area contributed by atoms with Gasteiger partial charge >= 0.3 is 5.97 Å². The number of piperidine rings is 2. The molecule has 5 fully saturated rings. The molecule has 3 saturated heterocycles. The molecule has 2 aliphatic carbocycles. The molecule has 0 radical (unpaired) electrons. The van der Waals surface area contributed by atoms with E-state index in [2.05, 4.69) is 12.1 Å². The summed E-state index contributed by atoms with van der Waals surface area (Å²) >= 11 is 0. The highest BCUT2D eigenvalue weighted by atomic mass is 16.8. The Labute approximate surface area is 151 Å². The molecule has 1 aromatic rings. The summed E-state index contributed by atoms with van der Waals surface area (Å²) in [5.74, 6) is -0.762. The Morgan fingerprint density at radius 1 is 1.46 bits per heavy atom. The van der Waals surface area contributed by atoms with Crippen LogP contribution in [0.25, 0.3) is 0 Å². The Kier molecular flexibility index (Phi) is 2.68. The van der Waals surface area contributed by atoms with E-state index in [1.165, 1.54) is 12.7 Å². The highest BCUT2D eigenvalue weighted by Crippen LogP contribution is 2.69. The van der Waals surface area contributed by atoms with Gasteiger partial charge in [-0.25, -0.2) is 0 Å². The third-order valence-corrected chi connectivity index (χ3v) is 7.24. The first kappa shape index (κ1) is 15.1. The molecule has 134 valence electrons. The summed E-state index contributed by atoms with van der Waals surface area (Å²) in [6, 6.07) is 8.00. The second kappa shape index (κ2) is 4.63. The molecule has 6 nitrogen and oxygen atoms in total. The molecule has 4 heterocycles. The summed E-state index contributed by atoms with van der Waals surface area (Å²) in [4.78, 5) is 23.9. The average Bonchev–Trinajstić information content (AvgIpc) is 3.16. The number of hydrogen-bond acceptors (Lipinski definition) is 6. The Morgan fingerprint density at radius 3 is 3.04 bits per heavy atom. The maximum absolute atomic E-state index is 13.1. The molecular weight excluding hydrogens is 332 g/mol. The molecule has 6 heteroatoms. The van der Waals surface area contributed by atoms with E-state index in [1.54, 1.807) is 0 Å². The van der Waals surface area contributed by atoms with E-state index in [0.29, 0.717) is 0 Å². The molecule has 1 N–H and O–H groups in total. The van der Waals surface area contributed by atoms with Crippen molar-refractivity contribution in [2.45, 2.75) is 37.1 Å². The zero-order valence-electron chi connectivity index (χ0n) is 14.6. The van der Waals surface area contributed by atoms with Gasteiger partial charge in [0.25, 0.3) is 0 Å². The molecule has 26 heavy (non-hydrogen) atoms. The Balaban J connectivity index is 1.71. The van der Waals surface area contributed by atoms with Crippen molar-refractivity contribution in [3.8, 4) is 0 Å². The summed E-state index contributed by atoms with van der Waals surface area (Å²) in [7, 11) is 1.45. The number of ether oxygens (including phenoxy) is 1. The summed E-state index contributed by atoms with van der Waals surface area (Å²) in [5.41, 5.74) is 3.46. The highest BCUT2D eigenvalue weighted by molar-refractivity contribution is 6.10. The predicted molar refractivity (Wildman–Crippen MR) is 92.6 cm³/mol. The molecule has 0 aromatic heterocycles. The quantitative estimate of drug-likeness (QED) is 0.615. The van der Waals surface area contributed by atoms with Gasteiger partial charge in [0.1, 0.15) is 0 Å². The van der Waals surface area contributed by atoms with E-state index in [0.717, 1.165) is 23.4 Å². The second-order valence-electron chi connectivity index (χ2n) is 7.86. The number of hydroxylamine groups is 2. The number of benzene rings is 1. The van der Waals surface area contributed by atoms with Gasteiger partial charge in [0, 0.05) is 5.92 Å². The van der Waals surface area contributed by atoms with Gasteiger partial charge in [0.05, 0.1) is 41.9 Å². The van der Waals surface area contributed by atoms with Crippen molar-refractivity contribution in [3.05, 3.63) is 41.5 Å². The molecule has 4 aliphatic heterocycles. The van der Waals surface area contributed by atoms with Crippen molar-refractivity contribution >= 4 is 17.4 Å². The van der Waals surface area contributed by atoms with E-state index in [9.17, 15) is 9.90 Å². The lowest BCUT2D eigenvalue weighted by Gasteiger charge is -2.63. The van der Waals surface area contributed by atoms with Crippen LogP contribution in [0.4, 0.5) is 5.69 Å². The largest absolute Gasteiger partial charge is 0.469 e. The van der Waals surface area contributed by atoms with E-state index < -0.39 is 11.7 Å². The second-order valence-corrected chi connectivity index (χ2v) is 7.86. The molecular formula is C20H20N2O4. The molecule has 7 rings (SSSR count). The van der Waals surface area contributed by atoms with Crippen molar-refractivity contribution in [3.63, 3.8) is 0 Å². The molecule has 6 aliphatic rings. The van der Waals surface area contributed by atoms with Crippen molar-refractivity contribution < 1.29 is 19.5 Å². The van der Waals surface area contributed by atoms with Gasteiger partial charge in [-0.1, -0.05) is 29.8 Å². The number of nitrogens with zero attached hydrogens (tertiary/aromatic N) is 2. The lowest BCUT2D eigenvalue weighted by atomic mass is 9.43. The number of aliphatic hydroxyl groups excluding tert-OH is 1. The van der Waals surface area contributed by atoms with Crippen LogP contribution >= 0.6 is 0 Å². The van der Waals surface area contributed by atoms with Gasteiger partial charge in [-0.2, -0.15) is 5.06 Å².